The van der Waals surface area contributed by atoms with Gasteiger partial charge in [0.05, 0.1) is 6.54 Å². The molecule has 0 saturated carbocycles. The van der Waals surface area contributed by atoms with Crippen LogP contribution < -0.4 is 11.2 Å². The third-order valence-corrected chi connectivity index (χ3v) is 3.03. The molecule has 0 aliphatic rings. The van der Waals surface area contributed by atoms with Crippen LogP contribution in [0.4, 0.5) is 4.39 Å². The summed E-state index contributed by atoms with van der Waals surface area (Å²) in [5.74, 6) is -0.922. The minimum Gasteiger partial charge on any atom is -0.366 e. The van der Waals surface area contributed by atoms with Gasteiger partial charge in [-0.25, -0.2) is 4.39 Å². The van der Waals surface area contributed by atoms with Gasteiger partial charge < -0.3 is 11.2 Å². The van der Waals surface area contributed by atoms with Crippen molar-refractivity contribution in [2.24, 2.45) is 5.73 Å². The van der Waals surface area contributed by atoms with Gasteiger partial charge in [-0.3, -0.25) is 9.47 Å². The average Bonchev–Trinajstić information content (AvgIpc) is 2.68. The Morgan fingerprint density at radius 3 is 2.47 bits per heavy atom. The van der Waals surface area contributed by atoms with Crippen LogP contribution in [0.3, 0.4) is 0 Å². The van der Waals surface area contributed by atoms with Crippen LogP contribution in [-0.4, -0.2) is 10.6 Å². The maximum Gasteiger partial charge on any atom is 0.248 e. The average molecular weight is 261 g/mol. The molecule has 19 heavy (non-hydrogen) atoms. The first-order valence-corrected chi connectivity index (χ1v) is 5.96. The van der Waals surface area contributed by atoms with E-state index in [-0.39, 0.29) is 12.4 Å². The molecule has 100 valence electrons. The Balaban J connectivity index is 2.20. The van der Waals surface area contributed by atoms with Crippen molar-refractivity contribution < 1.29 is 9.18 Å². The van der Waals surface area contributed by atoms with Crippen LogP contribution in [0.1, 0.15) is 27.3 Å². The maximum atomic E-state index is 13.7. The summed E-state index contributed by atoms with van der Waals surface area (Å²) in [5.41, 5.74) is 11.1. The SMILES string of the molecule is Cc1ccc(C)n1NCc1cc(C(N)=O)ccc1F. The van der Waals surface area contributed by atoms with Crippen molar-refractivity contribution in [3.63, 3.8) is 0 Å². The van der Waals surface area contributed by atoms with Gasteiger partial charge in [0, 0.05) is 22.5 Å². The molecule has 2 aromatic rings. The molecule has 1 amide bonds. The smallest absolute Gasteiger partial charge is 0.248 e. The third-order valence-electron chi connectivity index (χ3n) is 3.03. The number of halogens is 1. The molecule has 0 spiro atoms. The lowest BCUT2D eigenvalue weighted by Gasteiger charge is -2.13. The van der Waals surface area contributed by atoms with E-state index in [1.165, 1.54) is 18.2 Å². The van der Waals surface area contributed by atoms with Crippen LogP contribution in [0.2, 0.25) is 0 Å². The van der Waals surface area contributed by atoms with Crippen molar-refractivity contribution in [3.8, 4) is 0 Å². The number of amides is 1. The Labute approximate surface area is 111 Å². The number of aromatic nitrogens is 1. The summed E-state index contributed by atoms with van der Waals surface area (Å²) in [6, 6.07) is 8.05. The third kappa shape index (κ3) is 2.76. The summed E-state index contributed by atoms with van der Waals surface area (Å²) in [5, 5.41) is 0. The Hall–Kier alpha value is -2.30. The maximum absolute atomic E-state index is 13.7. The van der Waals surface area contributed by atoms with Crippen molar-refractivity contribution in [2.45, 2.75) is 20.4 Å². The summed E-state index contributed by atoms with van der Waals surface area (Å²) in [6.45, 7) is 4.19. The first-order chi connectivity index (χ1) is 8.99. The quantitative estimate of drug-likeness (QED) is 0.885. The lowest BCUT2D eigenvalue weighted by Crippen LogP contribution is -2.18. The second-order valence-corrected chi connectivity index (χ2v) is 4.46. The number of hydrogen-bond acceptors (Lipinski definition) is 2. The summed E-state index contributed by atoms with van der Waals surface area (Å²) < 4.78 is 15.5. The molecule has 0 bridgehead atoms. The molecule has 4 nitrogen and oxygen atoms in total. The molecule has 3 N–H and O–H groups in total. The van der Waals surface area contributed by atoms with Crippen LogP contribution in [0.5, 0.6) is 0 Å². The highest BCUT2D eigenvalue weighted by Crippen LogP contribution is 2.12. The fourth-order valence-corrected chi connectivity index (χ4v) is 1.95. The molecule has 0 aliphatic heterocycles. The summed E-state index contributed by atoms with van der Waals surface area (Å²) in [7, 11) is 0. The summed E-state index contributed by atoms with van der Waals surface area (Å²) >= 11 is 0. The Morgan fingerprint density at radius 1 is 1.26 bits per heavy atom. The minimum atomic E-state index is -0.561. The number of benzene rings is 1. The van der Waals surface area contributed by atoms with Crippen LogP contribution in [0.25, 0.3) is 0 Å². The molecule has 0 unspecified atom stereocenters. The molecule has 1 heterocycles. The number of primary amides is 1. The molecular formula is C14H16FN3O. The highest BCUT2D eigenvalue weighted by molar-refractivity contribution is 5.92. The van der Waals surface area contributed by atoms with E-state index < -0.39 is 5.91 Å². The first-order valence-electron chi connectivity index (χ1n) is 5.96. The van der Waals surface area contributed by atoms with Gasteiger partial charge in [-0.1, -0.05) is 0 Å². The molecule has 0 saturated heterocycles. The zero-order valence-corrected chi connectivity index (χ0v) is 10.9. The number of hydrogen-bond donors (Lipinski definition) is 2. The molecule has 5 heteroatoms. The zero-order chi connectivity index (χ0) is 14.0. The normalized spacial score (nSPS) is 10.5. The topological polar surface area (TPSA) is 60.1 Å². The van der Waals surface area contributed by atoms with Crippen molar-refractivity contribution in [1.82, 2.24) is 4.68 Å². The van der Waals surface area contributed by atoms with Gasteiger partial charge >= 0.3 is 0 Å². The monoisotopic (exact) mass is 261 g/mol. The van der Waals surface area contributed by atoms with Gasteiger partial charge in [0.1, 0.15) is 5.82 Å². The van der Waals surface area contributed by atoms with Crippen molar-refractivity contribution in [2.75, 3.05) is 5.43 Å². The molecule has 1 aromatic heterocycles. The molecule has 2 rings (SSSR count). The summed E-state index contributed by atoms with van der Waals surface area (Å²) in [4.78, 5) is 11.1. The second kappa shape index (κ2) is 5.14. The minimum absolute atomic E-state index is 0.281. The number of carbonyl (C=O) groups is 1. The van der Waals surface area contributed by atoms with Crippen LogP contribution >= 0.6 is 0 Å². The molecular weight excluding hydrogens is 245 g/mol. The van der Waals surface area contributed by atoms with Gasteiger partial charge in [-0.2, -0.15) is 0 Å². The number of nitrogens with one attached hydrogen (secondary N) is 1. The fraction of sp³-hybridized carbons (Fsp3) is 0.214. The van der Waals surface area contributed by atoms with Crippen molar-refractivity contribution in [3.05, 3.63) is 58.7 Å². The number of aryl methyl sites for hydroxylation is 2. The van der Waals surface area contributed by atoms with Gasteiger partial charge in [-0.05, 0) is 44.2 Å². The predicted molar refractivity (Wildman–Crippen MR) is 71.9 cm³/mol. The van der Waals surface area contributed by atoms with Gasteiger partial charge in [0.15, 0.2) is 0 Å². The van der Waals surface area contributed by atoms with E-state index in [2.05, 4.69) is 5.43 Å². The number of nitrogens with two attached hydrogens (primary N) is 1. The van der Waals surface area contributed by atoms with Crippen molar-refractivity contribution in [1.29, 1.82) is 0 Å². The highest BCUT2D eigenvalue weighted by Gasteiger charge is 2.08. The van der Waals surface area contributed by atoms with E-state index in [4.69, 9.17) is 5.73 Å². The van der Waals surface area contributed by atoms with Crippen LogP contribution in [0.15, 0.2) is 30.3 Å². The van der Waals surface area contributed by atoms with Gasteiger partial charge in [-0.15, -0.1) is 0 Å². The predicted octanol–water partition coefficient (Wildman–Crippen LogP) is 2.09. The first kappa shape index (κ1) is 13.1. The van der Waals surface area contributed by atoms with E-state index in [0.29, 0.717) is 11.1 Å². The van der Waals surface area contributed by atoms with Crippen molar-refractivity contribution >= 4 is 5.91 Å². The molecule has 0 atom stereocenters. The largest absolute Gasteiger partial charge is 0.366 e. The van der Waals surface area contributed by atoms with E-state index >= 15 is 0 Å². The molecule has 0 aliphatic carbocycles. The Bertz CT molecular complexity index is 600. The number of nitrogens with zero attached hydrogens (tertiary/aromatic N) is 1. The van der Waals surface area contributed by atoms with Gasteiger partial charge in [0.2, 0.25) is 5.91 Å². The Morgan fingerprint density at radius 2 is 1.89 bits per heavy atom. The standard InChI is InChI=1S/C14H16FN3O/c1-9-3-4-10(2)18(9)17-8-12-7-11(14(16)19)5-6-13(12)15/h3-7,17H,8H2,1-2H3,(H2,16,19). The second-order valence-electron chi connectivity index (χ2n) is 4.46. The number of rotatable bonds is 4. The lowest BCUT2D eigenvalue weighted by atomic mass is 10.1. The Kier molecular flexibility index (Phi) is 3.55. The lowest BCUT2D eigenvalue weighted by molar-refractivity contribution is 0.1000. The van der Waals surface area contributed by atoms with E-state index in [1.807, 2.05) is 30.7 Å². The summed E-state index contributed by atoms with van der Waals surface area (Å²) in [6.07, 6.45) is 0. The number of carbonyl (C=O) groups excluding carboxylic acids is 1. The molecule has 0 radical (unpaired) electrons. The van der Waals surface area contributed by atoms with Gasteiger partial charge in [0.25, 0.3) is 0 Å². The fourth-order valence-electron chi connectivity index (χ4n) is 1.95. The van der Waals surface area contributed by atoms with E-state index in [1.54, 1.807) is 0 Å². The van der Waals surface area contributed by atoms with E-state index in [9.17, 15) is 9.18 Å². The highest BCUT2D eigenvalue weighted by atomic mass is 19.1. The molecule has 1 aromatic carbocycles. The van der Waals surface area contributed by atoms with Crippen LogP contribution in [-0.2, 0) is 6.54 Å². The zero-order valence-electron chi connectivity index (χ0n) is 10.9. The van der Waals surface area contributed by atoms with Crippen LogP contribution in [0, 0.1) is 19.7 Å². The van der Waals surface area contributed by atoms with E-state index in [0.717, 1.165) is 11.4 Å². The molecule has 0 fully saturated rings.